The fourth-order valence-corrected chi connectivity index (χ4v) is 3.65. The molecule has 2 unspecified atom stereocenters. The highest BCUT2D eigenvalue weighted by Crippen LogP contribution is 2.42. The molecule has 0 radical (unpaired) electrons. The number of hydrogen-bond donors (Lipinski definition) is 2. The van der Waals surface area contributed by atoms with Crippen LogP contribution in [0.15, 0.2) is 42.4 Å². The number of nitrogens with zero attached hydrogens (tertiary/aromatic N) is 8. The van der Waals surface area contributed by atoms with Gasteiger partial charge in [-0.15, -0.1) is 0 Å². The van der Waals surface area contributed by atoms with E-state index in [-0.39, 0.29) is 12.2 Å². The summed E-state index contributed by atoms with van der Waals surface area (Å²) in [6.45, 7) is 4.15. The normalized spacial score (nSPS) is 21.2. The molecule has 132 valence electrons. The molecular weight excluding hydrogens is 332 g/mol. The number of hydrazone groups is 1. The Balaban J connectivity index is 1.72. The first-order valence-corrected chi connectivity index (χ1v) is 8.50. The first kappa shape index (κ1) is 14.9. The van der Waals surface area contributed by atoms with Gasteiger partial charge in [0.15, 0.2) is 5.82 Å². The van der Waals surface area contributed by atoms with Crippen LogP contribution in [0.25, 0.3) is 5.95 Å². The van der Waals surface area contributed by atoms with Gasteiger partial charge in [0.25, 0.3) is 0 Å². The molecule has 5 rings (SSSR count). The average Bonchev–Trinajstić information content (AvgIpc) is 3.42. The number of rotatable bonds is 3. The zero-order valence-electron chi connectivity index (χ0n) is 14.4. The monoisotopic (exact) mass is 350 g/mol. The van der Waals surface area contributed by atoms with Crippen molar-refractivity contribution in [3.8, 4) is 5.95 Å². The maximum Gasteiger partial charge on any atom is 0.236 e. The lowest BCUT2D eigenvalue weighted by atomic mass is 10.0. The third-order valence-corrected chi connectivity index (χ3v) is 4.82. The third-order valence-electron chi connectivity index (χ3n) is 4.82. The molecule has 3 aromatic heterocycles. The number of aromatic amines is 1. The van der Waals surface area contributed by atoms with Crippen molar-refractivity contribution >= 4 is 23.0 Å². The van der Waals surface area contributed by atoms with E-state index >= 15 is 0 Å². The zero-order chi connectivity index (χ0) is 17.7. The van der Waals surface area contributed by atoms with Gasteiger partial charge in [0.1, 0.15) is 24.0 Å². The van der Waals surface area contributed by atoms with Gasteiger partial charge < -0.3 is 4.90 Å². The van der Waals surface area contributed by atoms with E-state index in [0.717, 1.165) is 29.4 Å². The first-order chi connectivity index (χ1) is 12.8. The fourth-order valence-electron chi connectivity index (χ4n) is 3.65. The highest BCUT2D eigenvalue weighted by molar-refractivity contribution is 6.02. The Kier molecular flexibility index (Phi) is 3.17. The van der Waals surface area contributed by atoms with Crippen LogP contribution < -0.4 is 15.2 Å². The smallest absolute Gasteiger partial charge is 0.236 e. The summed E-state index contributed by atoms with van der Waals surface area (Å²) >= 11 is 0. The molecule has 0 saturated carbocycles. The summed E-state index contributed by atoms with van der Waals surface area (Å²) in [7, 11) is 0. The summed E-state index contributed by atoms with van der Waals surface area (Å²) in [4.78, 5) is 17.8. The Labute approximate surface area is 149 Å². The van der Waals surface area contributed by atoms with Gasteiger partial charge in [0.05, 0.1) is 24.1 Å². The molecule has 0 bridgehead atoms. The second-order valence-corrected chi connectivity index (χ2v) is 6.25. The lowest BCUT2D eigenvalue weighted by Gasteiger charge is -2.44. The number of amidine groups is 1. The Morgan fingerprint density at radius 2 is 2.15 bits per heavy atom. The molecule has 2 N–H and O–H groups in total. The Hall–Kier alpha value is -3.43. The zero-order valence-corrected chi connectivity index (χ0v) is 14.4. The van der Waals surface area contributed by atoms with Gasteiger partial charge >= 0.3 is 0 Å². The van der Waals surface area contributed by atoms with Crippen molar-refractivity contribution in [2.75, 3.05) is 9.80 Å². The van der Waals surface area contributed by atoms with Crippen molar-refractivity contribution in [2.24, 2.45) is 5.10 Å². The van der Waals surface area contributed by atoms with Crippen molar-refractivity contribution in [1.82, 2.24) is 35.1 Å². The van der Waals surface area contributed by atoms with E-state index in [1.807, 2.05) is 31.7 Å². The minimum atomic E-state index is 0.0186. The standard InChI is InChI=1S/C16H18N10/c1-3-12-15-23-22-10(2)25(15)13-8-18-16(24-5-4-17-9-24)21-14(13)26(12)11-6-19-20-7-11/h4-9,12,15,23H,3H2,1-2H3,(H,19,20). The molecule has 2 atom stereocenters. The molecule has 10 heteroatoms. The summed E-state index contributed by atoms with van der Waals surface area (Å²) in [6, 6.07) is 0.131. The summed E-state index contributed by atoms with van der Waals surface area (Å²) in [6.07, 6.45) is 11.7. The lowest BCUT2D eigenvalue weighted by molar-refractivity contribution is 0.442. The Morgan fingerprint density at radius 1 is 1.23 bits per heavy atom. The molecule has 0 fully saturated rings. The molecule has 3 aromatic rings. The van der Waals surface area contributed by atoms with Crippen LogP contribution >= 0.6 is 0 Å². The average molecular weight is 350 g/mol. The van der Waals surface area contributed by atoms with Gasteiger partial charge in [0, 0.05) is 18.6 Å². The number of anilines is 3. The van der Waals surface area contributed by atoms with E-state index in [1.54, 1.807) is 17.1 Å². The van der Waals surface area contributed by atoms with Crippen molar-refractivity contribution in [1.29, 1.82) is 0 Å². The number of hydrogen-bond acceptors (Lipinski definition) is 8. The predicted octanol–water partition coefficient (Wildman–Crippen LogP) is 1.38. The van der Waals surface area contributed by atoms with Crippen LogP contribution in [-0.2, 0) is 0 Å². The van der Waals surface area contributed by atoms with E-state index in [2.05, 4.69) is 47.4 Å². The van der Waals surface area contributed by atoms with Gasteiger partial charge in [-0.25, -0.2) is 9.97 Å². The van der Waals surface area contributed by atoms with Gasteiger partial charge in [-0.05, 0) is 13.3 Å². The topological polar surface area (TPSA) is 103 Å². The molecule has 0 aliphatic carbocycles. The van der Waals surface area contributed by atoms with Crippen molar-refractivity contribution < 1.29 is 0 Å². The van der Waals surface area contributed by atoms with Crippen LogP contribution in [0.5, 0.6) is 0 Å². The molecule has 0 saturated heterocycles. The fraction of sp³-hybridized carbons (Fsp3) is 0.312. The van der Waals surface area contributed by atoms with Crippen LogP contribution in [0.3, 0.4) is 0 Å². The predicted molar refractivity (Wildman–Crippen MR) is 96.5 cm³/mol. The molecular formula is C16H18N10. The van der Waals surface area contributed by atoms with Gasteiger partial charge in [0.2, 0.25) is 5.95 Å². The van der Waals surface area contributed by atoms with Gasteiger partial charge in [-0.2, -0.15) is 15.2 Å². The number of fused-ring (bicyclic) bond motifs is 3. The second-order valence-electron chi connectivity index (χ2n) is 6.25. The molecule has 0 spiro atoms. The van der Waals surface area contributed by atoms with Crippen LogP contribution in [0.2, 0.25) is 0 Å². The first-order valence-electron chi connectivity index (χ1n) is 8.50. The van der Waals surface area contributed by atoms with E-state index < -0.39 is 0 Å². The number of aromatic nitrogens is 6. The number of H-pyrrole nitrogens is 1. The van der Waals surface area contributed by atoms with Crippen LogP contribution in [0.4, 0.5) is 17.2 Å². The summed E-state index contributed by atoms with van der Waals surface area (Å²) in [5.74, 6) is 2.30. The minimum absolute atomic E-state index is 0.0186. The summed E-state index contributed by atoms with van der Waals surface area (Å²) in [5, 5.41) is 11.5. The quantitative estimate of drug-likeness (QED) is 0.735. The summed E-state index contributed by atoms with van der Waals surface area (Å²) in [5.41, 5.74) is 5.13. The Morgan fingerprint density at radius 3 is 2.88 bits per heavy atom. The van der Waals surface area contributed by atoms with Gasteiger partial charge in [-0.1, -0.05) is 6.92 Å². The van der Waals surface area contributed by atoms with Crippen LogP contribution in [0.1, 0.15) is 20.3 Å². The number of imidazole rings is 1. The van der Waals surface area contributed by atoms with Crippen LogP contribution in [-0.4, -0.2) is 47.8 Å². The maximum atomic E-state index is 4.86. The minimum Gasteiger partial charge on any atom is -0.315 e. The molecule has 0 aromatic carbocycles. The van der Waals surface area contributed by atoms with E-state index in [4.69, 9.17) is 4.98 Å². The number of nitrogens with one attached hydrogen (secondary N) is 2. The van der Waals surface area contributed by atoms with Crippen molar-refractivity contribution in [3.63, 3.8) is 0 Å². The van der Waals surface area contributed by atoms with Crippen LogP contribution in [0, 0.1) is 0 Å². The lowest BCUT2D eigenvalue weighted by Crippen LogP contribution is -2.58. The molecule has 0 amide bonds. The molecule has 10 nitrogen and oxygen atoms in total. The molecule has 2 aliphatic heterocycles. The van der Waals surface area contributed by atoms with E-state index in [1.165, 1.54) is 0 Å². The summed E-state index contributed by atoms with van der Waals surface area (Å²) < 4.78 is 1.80. The highest BCUT2D eigenvalue weighted by Gasteiger charge is 2.44. The second kappa shape index (κ2) is 5.55. The van der Waals surface area contributed by atoms with E-state index in [0.29, 0.717) is 5.95 Å². The molecule has 2 aliphatic rings. The maximum absolute atomic E-state index is 4.86. The molecule has 5 heterocycles. The SMILES string of the molecule is CCC1C2NN=C(C)N2c2cnc(-n3ccnc3)nc2N1c1cn[nH]c1. The van der Waals surface area contributed by atoms with Gasteiger partial charge in [-0.3, -0.25) is 20.0 Å². The molecule has 26 heavy (non-hydrogen) atoms. The highest BCUT2D eigenvalue weighted by atomic mass is 15.6. The largest absolute Gasteiger partial charge is 0.315 e. The van der Waals surface area contributed by atoms with Crippen molar-refractivity contribution in [2.45, 2.75) is 32.5 Å². The van der Waals surface area contributed by atoms with E-state index in [9.17, 15) is 0 Å². The Bertz CT molecular complexity index is 946. The third kappa shape index (κ3) is 2.01. The van der Waals surface area contributed by atoms with Crippen molar-refractivity contribution in [3.05, 3.63) is 37.3 Å².